The third-order valence-electron chi connectivity index (χ3n) is 4.00. The number of aliphatic hydroxyl groups excluding tert-OH is 1. The zero-order valence-corrected chi connectivity index (χ0v) is 20.4. The second-order valence-corrected chi connectivity index (χ2v) is 6.78. The van der Waals surface area contributed by atoms with Crippen LogP contribution in [-0.2, 0) is 37.9 Å². The lowest BCUT2D eigenvalue weighted by atomic mass is 10.2. The predicted molar refractivity (Wildman–Crippen MR) is 125 cm³/mol. The fourth-order valence-electron chi connectivity index (χ4n) is 2.27. The normalized spacial score (nSPS) is 11.7. The first-order valence-corrected chi connectivity index (χ1v) is 11.6. The standard InChI is InChI=1S/C20H40N6O9/c21-25-23-1-3-28-5-7-30-9-11-32-13-15-34-18-20(17-27)19-35-16-14-33-12-10-31-8-6-29-4-2-24-26-22/h20,27H,1-19H2. The topological polar surface area (TPSA) is 192 Å². The van der Waals surface area contributed by atoms with E-state index in [0.717, 1.165) is 0 Å². The molecule has 0 bridgehead atoms. The molecule has 0 aromatic heterocycles. The number of azide groups is 2. The molecule has 0 spiro atoms. The van der Waals surface area contributed by atoms with Gasteiger partial charge in [-0.3, -0.25) is 0 Å². The SMILES string of the molecule is [N-]=[N+]=NCCOCCOCCOCCOCC(CO)COCCOCCOCCOCCN=[N+]=[N-]. The summed E-state index contributed by atoms with van der Waals surface area (Å²) in [6.45, 7) is 7.40. The maximum Gasteiger partial charge on any atom is 0.0701 e. The molecule has 0 atom stereocenters. The first kappa shape index (κ1) is 33.3. The van der Waals surface area contributed by atoms with Gasteiger partial charge in [0.2, 0.25) is 0 Å². The molecule has 0 saturated carbocycles. The van der Waals surface area contributed by atoms with Crippen LogP contribution in [0.2, 0.25) is 0 Å². The Morgan fingerprint density at radius 3 is 1.06 bits per heavy atom. The molecule has 1 N–H and O–H groups in total. The molecule has 0 aliphatic rings. The van der Waals surface area contributed by atoms with E-state index in [9.17, 15) is 5.11 Å². The number of nitrogens with zero attached hydrogens (tertiary/aromatic N) is 6. The van der Waals surface area contributed by atoms with Crippen molar-refractivity contribution in [1.82, 2.24) is 0 Å². The highest BCUT2D eigenvalue weighted by atomic mass is 16.6. The van der Waals surface area contributed by atoms with Gasteiger partial charge in [0.1, 0.15) is 0 Å². The van der Waals surface area contributed by atoms with Gasteiger partial charge in [-0.1, -0.05) is 10.2 Å². The van der Waals surface area contributed by atoms with Crippen LogP contribution >= 0.6 is 0 Å². The van der Waals surface area contributed by atoms with E-state index in [-0.39, 0.29) is 12.5 Å². The average Bonchev–Trinajstić information content (AvgIpc) is 2.87. The van der Waals surface area contributed by atoms with Gasteiger partial charge in [0.25, 0.3) is 0 Å². The first-order chi connectivity index (χ1) is 17.3. The van der Waals surface area contributed by atoms with Gasteiger partial charge in [0.05, 0.1) is 112 Å². The molecule has 0 aromatic rings. The Morgan fingerprint density at radius 2 is 0.771 bits per heavy atom. The van der Waals surface area contributed by atoms with Crippen LogP contribution in [0.15, 0.2) is 10.2 Å². The first-order valence-electron chi connectivity index (χ1n) is 11.6. The number of rotatable bonds is 29. The monoisotopic (exact) mass is 508 g/mol. The summed E-state index contributed by atoms with van der Waals surface area (Å²) in [4.78, 5) is 5.26. The van der Waals surface area contributed by atoms with Crippen LogP contribution in [0.5, 0.6) is 0 Å². The van der Waals surface area contributed by atoms with Gasteiger partial charge in [-0.15, -0.1) is 0 Å². The predicted octanol–water partition coefficient (Wildman–Crippen LogP) is 1.35. The van der Waals surface area contributed by atoms with Crippen LogP contribution in [0, 0.1) is 5.92 Å². The fourth-order valence-corrected chi connectivity index (χ4v) is 2.27. The quantitative estimate of drug-likeness (QED) is 0.0672. The molecule has 0 aliphatic carbocycles. The Labute approximate surface area is 206 Å². The second kappa shape index (κ2) is 30.3. The van der Waals surface area contributed by atoms with Crippen molar-refractivity contribution in [1.29, 1.82) is 0 Å². The summed E-state index contributed by atoms with van der Waals surface area (Å²) >= 11 is 0. The van der Waals surface area contributed by atoms with E-state index in [4.69, 9.17) is 49.0 Å². The highest BCUT2D eigenvalue weighted by molar-refractivity contribution is 4.55. The van der Waals surface area contributed by atoms with E-state index < -0.39 is 0 Å². The largest absolute Gasteiger partial charge is 0.396 e. The highest BCUT2D eigenvalue weighted by Gasteiger charge is 2.08. The lowest BCUT2D eigenvalue weighted by Crippen LogP contribution is -2.22. The zero-order chi connectivity index (χ0) is 25.5. The zero-order valence-electron chi connectivity index (χ0n) is 20.4. The Morgan fingerprint density at radius 1 is 0.486 bits per heavy atom. The number of aliphatic hydroxyl groups is 1. The average molecular weight is 509 g/mol. The minimum absolute atomic E-state index is 0.0285. The van der Waals surface area contributed by atoms with Gasteiger partial charge < -0.3 is 43.0 Å². The molecule has 0 amide bonds. The molecule has 0 unspecified atom stereocenters. The van der Waals surface area contributed by atoms with Crippen LogP contribution in [0.3, 0.4) is 0 Å². The summed E-state index contributed by atoms with van der Waals surface area (Å²) in [5.74, 6) is -0.112. The second-order valence-electron chi connectivity index (χ2n) is 6.78. The van der Waals surface area contributed by atoms with Gasteiger partial charge in [-0.2, -0.15) is 0 Å². The van der Waals surface area contributed by atoms with E-state index in [2.05, 4.69) is 20.1 Å². The van der Waals surface area contributed by atoms with Crippen LogP contribution in [0.25, 0.3) is 20.9 Å². The van der Waals surface area contributed by atoms with E-state index in [0.29, 0.717) is 119 Å². The third-order valence-corrected chi connectivity index (χ3v) is 4.00. The van der Waals surface area contributed by atoms with Crippen molar-refractivity contribution in [3.05, 3.63) is 20.9 Å². The van der Waals surface area contributed by atoms with Gasteiger partial charge in [-0.05, 0) is 11.1 Å². The van der Waals surface area contributed by atoms with Crippen LogP contribution < -0.4 is 0 Å². The van der Waals surface area contributed by atoms with Crippen LogP contribution in [-0.4, -0.2) is 131 Å². The minimum atomic E-state index is -0.112. The van der Waals surface area contributed by atoms with Gasteiger partial charge in [-0.25, -0.2) is 0 Å². The lowest BCUT2D eigenvalue weighted by molar-refractivity contribution is -0.0306. The Hall–Kier alpha value is -1.74. The van der Waals surface area contributed by atoms with Gasteiger partial charge in [0.15, 0.2) is 0 Å². The summed E-state index contributed by atoms with van der Waals surface area (Å²) < 4.78 is 42.9. The Bertz CT molecular complexity index is 493. The minimum Gasteiger partial charge on any atom is -0.396 e. The summed E-state index contributed by atoms with van der Waals surface area (Å²) in [7, 11) is 0. The third kappa shape index (κ3) is 28.4. The summed E-state index contributed by atoms with van der Waals surface area (Å²) in [5, 5.41) is 16.1. The molecule has 0 rings (SSSR count). The summed E-state index contributed by atoms with van der Waals surface area (Å²) in [6.07, 6.45) is 0. The molecule has 0 aliphatic heterocycles. The van der Waals surface area contributed by atoms with Crippen molar-refractivity contribution in [2.75, 3.05) is 125 Å². The maximum absolute atomic E-state index is 9.42. The number of hydrogen-bond acceptors (Lipinski definition) is 11. The Kier molecular flexibility index (Phi) is 28.8. The molecule has 0 heterocycles. The van der Waals surface area contributed by atoms with Crippen molar-refractivity contribution in [3.63, 3.8) is 0 Å². The van der Waals surface area contributed by atoms with Gasteiger partial charge >= 0.3 is 0 Å². The molecule has 15 nitrogen and oxygen atoms in total. The van der Waals surface area contributed by atoms with E-state index in [1.165, 1.54) is 0 Å². The molecule has 0 aromatic carbocycles. The Balaban J connectivity index is 3.29. The van der Waals surface area contributed by atoms with Crippen molar-refractivity contribution in [2.24, 2.45) is 16.1 Å². The molecule has 15 heteroatoms. The van der Waals surface area contributed by atoms with Crippen LogP contribution in [0.4, 0.5) is 0 Å². The maximum atomic E-state index is 9.42. The highest BCUT2D eigenvalue weighted by Crippen LogP contribution is 1.98. The lowest BCUT2D eigenvalue weighted by Gasteiger charge is -2.15. The van der Waals surface area contributed by atoms with Crippen molar-refractivity contribution in [3.8, 4) is 0 Å². The van der Waals surface area contributed by atoms with Crippen molar-refractivity contribution < 1.29 is 43.0 Å². The summed E-state index contributed by atoms with van der Waals surface area (Å²) in [5.41, 5.74) is 16.2. The van der Waals surface area contributed by atoms with Crippen LogP contribution in [0.1, 0.15) is 0 Å². The van der Waals surface area contributed by atoms with E-state index >= 15 is 0 Å². The number of ether oxygens (including phenoxy) is 8. The van der Waals surface area contributed by atoms with E-state index in [1.807, 2.05) is 0 Å². The molecule has 35 heavy (non-hydrogen) atoms. The van der Waals surface area contributed by atoms with Crippen molar-refractivity contribution in [2.45, 2.75) is 0 Å². The van der Waals surface area contributed by atoms with Gasteiger partial charge in [0, 0.05) is 28.8 Å². The molecular formula is C20H40N6O9. The van der Waals surface area contributed by atoms with E-state index in [1.54, 1.807) is 0 Å². The summed E-state index contributed by atoms with van der Waals surface area (Å²) in [6, 6.07) is 0. The molecular weight excluding hydrogens is 468 g/mol. The number of hydrogen-bond donors (Lipinski definition) is 1. The molecule has 204 valence electrons. The molecule has 0 fully saturated rings. The van der Waals surface area contributed by atoms with Crippen molar-refractivity contribution >= 4 is 0 Å². The smallest absolute Gasteiger partial charge is 0.0701 e. The fraction of sp³-hybridized carbons (Fsp3) is 1.00. The molecule has 0 saturated heterocycles. The molecule has 0 radical (unpaired) electrons.